The molecule has 2 aromatic rings. The molecule has 27 heavy (non-hydrogen) atoms. The molecular formula is C21H32N6. The van der Waals surface area contributed by atoms with E-state index in [0.29, 0.717) is 12.5 Å². The molecule has 1 fully saturated rings. The molecule has 1 aliphatic rings. The first-order valence-electron chi connectivity index (χ1n) is 9.63. The molecule has 2 heterocycles. The summed E-state index contributed by atoms with van der Waals surface area (Å²) in [5, 5.41) is 4.80. The smallest absolute Gasteiger partial charge is 0.181 e. The van der Waals surface area contributed by atoms with Crippen LogP contribution in [0.3, 0.4) is 0 Å². The zero-order valence-electron chi connectivity index (χ0n) is 17.1. The van der Waals surface area contributed by atoms with E-state index in [4.69, 9.17) is 10.1 Å². The first-order valence-corrected chi connectivity index (χ1v) is 9.63. The van der Waals surface area contributed by atoms with Crippen LogP contribution in [-0.2, 0) is 13.1 Å². The highest BCUT2D eigenvalue weighted by Crippen LogP contribution is 2.23. The van der Waals surface area contributed by atoms with Crippen molar-refractivity contribution in [1.82, 2.24) is 29.5 Å². The molecule has 0 aliphatic carbocycles. The van der Waals surface area contributed by atoms with Gasteiger partial charge >= 0.3 is 0 Å². The van der Waals surface area contributed by atoms with Crippen molar-refractivity contribution in [3.8, 4) is 11.4 Å². The zero-order valence-corrected chi connectivity index (χ0v) is 17.1. The van der Waals surface area contributed by atoms with Crippen molar-refractivity contribution in [2.75, 3.05) is 54.4 Å². The highest BCUT2D eigenvalue weighted by atomic mass is 15.4. The van der Waals surface area contributed by atoms with Crippen molar-refractivity contribution in [2.45, 2.75) is 19.0 Å². The molecule has 146 valence electrons. The molecule has 0 amide bonds. The van der Waals surface area contributed by atoms with Gasteiger partial charge in [0, 0.05) is 44.2 Å². The van der Waals surface area contributed by atoms with Gasteiger partial charge in [-0.15, -0.1) is 6.58 Å². The van der Waals surface area contributed by atoms with Gasteiger partial charge in [0.2, 0.25) is 0 Å². The number of aromatic nitrogens is 3. The largest absolute Gasteiger partial charge is 0.305 e. The van der Waals surface area contributed by atoms with Crippen LogP contribution in [-0.4, -0.2) is 83.8 Å². The molecule has 6 heteroatoms. The van der Waals surface area contributed by atoms with Gasteiger partial charge < -0.3 is 14.7 Å². The van der Waals surface area contributed by atoms with Gasteiger partial charge in [-0.25, -0.2) is 9.67 Å². The summed E-state index contributed by atoms with van der Waals surface area (Å²) in [6, 6.07) is 8.58. The second-order valence-corrected chi connectivity index (χ2v) is 7.92. The number of nitrogens with zero attached hydrogens (tertiary/aromatic N) is 6. The van der Waals surface area contributed by atoms with Crippen molar-refractivity contribution in [3.63, 3.8) is 0 Å². The second kappa shape index (κ2) is 8.78. The Kier molecular flexibility index (Phi) is 6.42. The van der Waals surface area contributed by atoms with E-state index in [2.05, 4.69) is 73.7 Å². The highest BCUT2D eigenvalue weighted by Gasteiger charge is 2.25. The summed E-state index contributed by atoms with van der Waals surface area (Å²) in [6.45, 7) is 9.69. The molecule has 0 saturated carbocycles. The normalized spacial score (nSPS) is 17.4. The van der Waals surface area contributed by atoms with Gasteiger partial charge in [-0.05, 0) is 33.8 Å². The summed E-state index contributed by atoms with van der Waals surface area (Å²) in [6.07, 6.45) is 1.90. The number of hydrogen-bond acceptors (Lipinski definition) is 5. The number of likely N-dealkylation sites (N-methyl/N-ethyl adjacent to an activating group) is 2. The molecule has 1 aromatic carbocycles. The minimum Gasteiger partial charge on any atom is -0.305 e. The number of benzene rings is 1. The molecule has 0 N–H and O–H groups in total. The molecule has 1 aromatic heterocycles. The summed E-state index contributed by atoms with van der Waals surface area (Å²) < 4.78 is 2.02. The molecule has 0 radical (unpaired) electrons. The first kappa shape index (κ1) is 19.7. The average Bonchev–Trinajstić information content (AvgIpc) is 2.96. The summed E-state index contributed by atoms with van der Waals surface area (Å²) >= 11 is 0. The minimum atomic E-state index is 0.344. The third-order valence-corrected chi connectivity index (χ3v) is 5.01. The third kappa shape index (κ3) is 5.03. The van der Waals surface area contributed by atoms with Crippen LogP contribution < -0.4 is 0 Å². The molecule has 3 rings (SSSR count). The summed E-state index contributed by atoms with van der Waals surface area (Å²) in [5.74, 6) is 2.21. The standard InChI is InChI=1S/C21H32N6/c1-6-11-27-21(19-15-25(4)12-13-26(5)16-19)22-20(23-27)18-9-7-17(8-10-18)14-24(2)3/h6-10,19H,1,11-16H2,2-5H3. The van der Waals surface area contributed by atoms with E-state index in [-0.39, 0.29) is 0 Å². The lowest BCUT2D eigenvalue weighted by atomic mass is 10.1. The maximum atomic E-state index is 4.96. The molecule has 1 aliphatic heterocycles. The van der Waals surface area contributed by atoms with Gasteiger partial charge in [0.15, 0.2) is 5.82 Å². The van der Waals surface area contributed by atoms with Crippen LogP contribution in [0.15, 0.2) is 36.9 Å². The van der Waals surface area contributed by atoms with Crippen molar-refractivity contribution >= 4 is 0 Å². The predicted octanol–water partition coefficient (Wildman–Crippen LogP) is 2.15. The summed E-state index contributed by atoms with van der Waals surface area (Å²) in [4.78, 5) is 11.9. The Morgan fingerprint density at radius 2 is 1.74 bits per heavy atom. The lowest BCUT2D eigenvalue weighted by molar-refractivity contribution is 0.320. The minimum absolute atomic E-state index is 0.344. The van der Waals surface area contributed by atoms with E-state index in [9.17, 15) is 0 Å². The third-order valence-electron chi connectivity index (χ3n) is 5.01. The lowest BCUT2D eigenvalue weighted by Gasteiger charge is -2.20. The maximum Gasteiger partial charge on any atom is 0.181 e. The Morgan fingerprint density at radius 1 is 1.11 bits per heavy atom. The second-order valence-electron chi connectivity index (χ2n) is 7.92. The van der Waals surface area contributed by atoms with Gasteiger partial charge in [0.05, 0.1) is 6.54 Å². The number of allylic oxidation sites excluding steroid dienone is 1. The quantitative estimate of drug-likeness (QED) is 0.731. The van der Waals surface area contributed by atoms with Gasteiger partial charge in [0.1, 0.15) is 5.82 Å². The van der Waals surface area contributed by atoms with Crippen molar-refractivity contribution in [2.24, 2.45) is 0 Å². The van der Waals surface area contributed by atoms with Crippen molar-refractivity contribution in [1.29, 1.82) is 0 Å². The van der Waals surface area contributed by atoms with Gasteiger partial charge in [-0.2, -0.15) is 5.10 Å². The van der Waals surface area contributed by atoms with E-state index in [0.717, 1.165) is 49.9 Å². The van der Waals surface area contributed by atoms with Crippen molar-refractivity contribution in [3.05, 3.63) is 48.3 Å². The van der Waals surface area contributed by atoms with Gasteiger partial charge in [-0.3, -0.25) is 0 Å². The molecule has 0 bridgehead atoms. The van der Waals surface area contributed by atoms with Crippen LogP contribution >= 0.6 is 0 Å². The molecule has 6 nitrogen and oxygen atoms in total. The Balaban J connectivity index is 1.89. The molecular weight excluding hydrogens is 336 g/mol. The molecule has 1 saturated heterocycles. The summed E-state index contributed by atoms with van der Waals surface area (Å²) in [5.41, 5.74) is 2.36. The van der Waals surface area contributed by atoms with E-state index in [1.54, 1.807) is 0 Å². The Morgan fingerprint density at radius 3 is 2.30 bits per heavy atom. The van der Waals surface area contributed by atoms with Gasteiger partial charge in [-0.1, -0.05) is 30.3 Å². The predicted molar refractivity (Wildman–Crippen MR) is 111 cm³/mol. The van der Waals surface area contributed by atoms with Crippen LogP contribution in [0.4, 0.5) is 0 Å². The van der Waals surface area contributed by atoms with Crippen LogP contribution in [0.25, 0.3) is 11.4 Å². The Hall–Kier alpha value is -2.02. The van der Waals surface area contributed by atoms with E-state index >= 15 is 0 Å². The number of hydrogen-bond donors (Lipinski definition) is 0. The first-order chi connectivity index (χ1) is 13.0. The van der Waals surface area contributed by atoms with Crippen LogP contribution in [0.5, 0.6) is 0 Å². The monoisotopic (exact) mass is 368 g/mol. The molecule has 0 unspecified atom stereocenters. The Bertz CT molecular complexity index is 737. The zero-order chi connectivity index (χ0) is 19.4. The van der Waals surface area contributed by atoms with Crippen LogP contribution in [0, 0.1) is 0 Å². The fraction of sp³-hybridized carbons (Fsp3) is 0.524. The highest BCUT2D eigenvalue weighted by molar-refractivity contribution is 5.55. The Labute approximate surface area is 163 Å². The number of rotatable bonds is 6. The molecule has 0 spiro atoms. The summed E-state index contributed by atoms with van der Waals surface area (Å²) in [7, 11) is 8.54. The van der Waals surface area contributed by atoms with E-state index in [1.807, 2.05) is 10.8 Å². The maximum absolute atomic E-state index is 4.96. The fourth-order valence-corrected chi connectivity index (χ4v) is 3.66. The SMILES string of the molecule is C=CCn1nc(-c2ccc(CN(C)C)cc2)nc1C1CN(C)CCN(C)C1. The van der Waals surface area contributed by atoms with E-state index in [1.165, 1.54) is 5.56 Å². The van der Waals surface area contributed by atoms with E-state index < -0.39 is 0 Å². The van der Waals surface area contributed by atoms with Gasteiger partial charge in [0.25, 0.3) is 0 Å². The topological polar surface area (TPSA) is 40.4 Å². The van der Waals surface area contributed by atoms with Crippen LogP contribution in [0.1, 0.15) is 17.3 Å². The average molecular weight is 369 g/mol. The molecule has 0 atom stereocenters. The van der Waals surface area contributed by atoms with Crippen LogP contribution in [0.2, 0.25) is 0 Å². The fourth-order valence-electron chi connectivity index (χ4n) is 3.66. The lowest BCUT2D eigenvalue weighted by Crippen LogP contribution is -2.27. The van der Waals surface area contributed by atoms with Crippen molar-refractivity contribution < 1.29 is 0 Å².